The van der Waals surface area contributed by atoms with Gasteiger partial charge in [-0.05, 0) is 79.3 Å². The SMILES string of the molecule is C=CC.Nc1ncccc1-c1nc2cnc(-c3ccc(F)cc3)nc2n1-c1ccc(CN2CC3(CCN(C=O)CC3)C2)cc1. The van der Waals surface area contributed by atoms with Gasteiger partial charge in [-0.25, -0.2) is 24.3 Å². The molecule has 2 aliphatic heterocycles. The maximum absolute atomic E-state index is 13.5. The second-order valence-corrected chi connectivity index (χ2v) is 11.5. The molecule has 5 aromatic rings. The van der Waals surface area contributed by atoms with Crippen molar-refractivity contribution >= 4 is 23.4 Å². The van der Waals surface area contributed by atoms with Gasteiger partial charge in [-0.1, -0.05) is 18.2 Å². The number of allylic oxidation sites excluding steroid dienone is 1. The summed E-state index contributed by atoms with van der Waals surface area (Å²) in [6.45, 7) is 9.99. The van der Waals surface area contributed by atoms with Gasteiger partial charge in [0.1, 0.15) is 17.2 Å². The minimum absolute atomic E-state index is 0.314. The lowest BCUT2D eigenvalue weighted by molar-refractivity contribution is -0.123. The molecular weight excluding hydrogens is 555 g/mol. The zero-order valence-corrected chi connectivity index (χ0v) is 24.7. The van der Waals surface area contributed by atoms with Gasteiger partial charge in [0.05, 0.1) is 11.8 Å². The number of nitrogens with zero attached hydrogens (tertiary/aromatic N) is 7. The fourth-order valence-corrected chi connectivity index (χ4v) is 6.09. The first-order chi connectivity index (χ1) is 21.4. The van der Waals surface area contributed by atoms with Gasteiger partial charge in [0.2, 0.25) is 6.41 Å². The quantitative estimate of drug-likeness (QED) is 0.205. The summed E-state index contributed by atoms with van der Waals surface area (Å²) in [4.78, 5) is 33.9. The van der Waals surface area contributed by atoms with Gasteiger partial charge in [0, 0.05) is 50.2 Å². The number of benzene rings is 2. The number of anilines is 1. The second-order valence-electron chi connectivity index (χ2n) is 11.5. The summed E-state index contributed by atoms with van der Waals surface area (Å²) in [7, 11) is 0. The third-order valence-corrected chi connectivity index (χ3v) is 8.31. The number of nitrogens with two attached hydrogens (primary N) is 1. The van der Waals surface area contributed by atoms with E-state index in [9.17, 15) is 9.18 Å². The average molecular weight is 591 g/mol. The van der Waals surface area contributed by atoms with E-state index in [0.29, 0.717) is 45.2 Å². The molecular formula is C34H35FN8O. The van der Waals surface area contributed by atoms with Crippen molar-refractivity contribution in [1.29, 1.82) is 0 Å². The van der Waals surface area contributed by atoms with E-state index < -0.39 is 0 Å². The van der Waals surface area contributed by atoms with E-state index in [1.54, 1.807) is 30.6 Å². The molecule has 0 aliphatic carbocycles. The number of aromatic nitrogens is 5. The molecule has 2 N–H and O–H groups in total. The molecule has 9 nitrogen and oxygen atoms in total. The fourth-order valence-electron chi connectivity index (χ4n) is 6.09. The summed E-state index contributed by atoms with van der Waals surface area (Å²) in [5.74, 6) is 1.16. The van der Waals surface area contributed by atoms with Crippen molar-refractivity contribution in [1.82, 2.24) is 34.3 Å². The summed E-state index contributed by atoms with van der Waals surface area (Å²) in [5.41, 5.74) is 11.4. The Labute approximate surface area is 255 Å². The zero-order valence-electron chi connectivity index (χ0n) is 24.7. The number of fused-ring (bicyclic) bond motifs is 1. The minimum Gasteiger partial charge on any atom is -0.383 e. The largest absolute Gasteiger partial charge is 0.383 e. The molecule has 7 rings (SSSR count). The number of likely N-dealkylation sites (tertiary alicyclic amines) is 2. The van der Waals surface area contributed by atoms with Gasteiger partial charge in [-0.2, -0.15) is 0 Å². The van der Waals surface area contributed by atoms with Crippen LogP contribution in [0.5, 0.6) is 0 Å². The summed E-state index contributed by atoms with van der Waals surface area (Å²) < 4.78 is 15.5. The van der Waals surface area contributed by atoms with Crippen molar-refractivity contribution in [3.05, 3.63) is 97.1 Å². The van der Waals surface area contributed by atoms with E-state index in [0.717, 1.165) is 57.7 Å². The first kappa shape index (κ1) is 29.1. The van der Waals surface area contributed by atoms with E-state index in [-0.39, 0.29) is 5.82 Å². The predicted octanol–water partition coefficient (Wildman–Crippen LogP) is 5.51. The van der Waals surface area contributed by atoms with Crippen molar-refractivity contribution in [2.24, 2.45) is 5.41 Å². The van der Waals surface area contributed by atoms with Gasteiger partial charge >= 0.3 is 0 Å². The normalized spacial score (nSPS) is 15.8. The van der Waals surface area contributed by atoms with Gasteiger partial charge in [0.15, 0.2) is 17.3 Å². The second kappa shape index (κ2) is 12.3. The zero-order chi connectivity index (χ0) is 30.7. The molecule has 10 heteroatoms. The molecule has 0 radical (unpaired) electrons. The van der Waals surface area contributed by atoms with Gasteiger partial charge in [-0.3, -0.25) is 14.3 Å². The molecule has 0 bridgehead atoms. The number of carbonyl (C=O) groups is 1. The first-order valence-corrected chi connectivity index (χ1v) is 14.7. The highest BCUT2D eigenvalue weighted by Gasteiger charge is 2.44. The van der Waals surface area contributed by atoms with Gasteiger partial charge < -0.3 is 10.6 Å². The van der Waals surface area contributed by atoms with Crippen LogP contribution in [0, 0.1) is 11.2 Å². The topological polar surface area (TPSA) is 106 Å². The molecule has 2 aliphatic rings. The van der Waals surface area contributed by atoms with Crippen LogP contribution in [0.25, 0.3) is 39.6 Å². The lowest BCUT2D eigenvalue weighted by Gasteiger charge is -2.53. The van der Waals surface area contributed by atoms with Crippen LogP contribution in [0.2, 0.25) is 0 Å². The number of halogens is 1. The van der Waals surface area contributed by atoms with E-state index in [1.165, 1.54) is 17.7 Å². The maximum Gasteiger partial charge on any atom is 0.209 e. The standard InChI is InChI=1S/C31H29FN8O.C3H6/c32-23-7-5-22(6-8-23)28-35-16-26-30(37-28)40(29(36-26)25-2-1-13-34-27(25)33)24-9-3-21(4-10-24)17-39-18-31(19-39)11-14-38(20-41)15-12-31;1-3-2/h1-10,13,16,20H,11-12,14-15,17-19H2,(H2,33,34);3H,1H2,2H3. The molecule has 0 unspecified atom stereocenters. The first-order valence-electron chi connectivity index (χ1n) is 14.7. The van der Waals surface area contributed by atoms with Crippen molar-refractivity contribution < 1.29 is 9.18 Å². The highest BCUT2D eigenvalue weighted by molar-refractivity contribution is 5.83. The number of rotatable bonds is 6. The Morgan fingerprint density at radius 2 is 1.70 bits per heavy atom. The highest BCUT2D eigenvalue weighted by Crippen LogP contribution is 2.41. The highest BCUT2D eigenvalue weighted by atomic mass is 19.1. The number of nitrogen functional groups attached to an aromatic ring is 1. The Morgan fingerprint density at radius 1 is 1.00 bits per heavy atom. The fraction of sp³-hybridized carbons (Fsp3) is 0.265. The molecule has 224 valence electrons. The molecule has 2 fully saturated rings. The Hall–Kier alpha value is -4.96. The maximum atomic E-state index is 13.5. The molecule has 3 aromatic heterocycles. The van der Waals surface area contributed by atoms with E-state index >= 15 is 0 Å². The summed E-state index contributed by atoms with van der Waals surface area (Å²) >= 11 is 0. The van der Waals surface area contributed by atoms with Crippen LogP contribution < -0.4 is 5.73 Å². The number of hydrogen-bond donors (Lipinski definition) is 1. The Kier molecular flexibility index (Phi) is 8.17. The molecule has 0 saturated carbocycles. The van der Waals surface area contributed by atoms with Crippen LogP contribution in [0.3, 0.4) is 0 Å². The molecule has 2 saturated heterocycles. The van der Waals surface area contributed by atoms with Crippen LogP contribution in [-0.4, -0.2) is 66.9 Å². The van der Waals surface area contributed by atoms with Crippen LogP contribution in [-0.2, 0) is 11.3 Å². The molecule has 0 atom stereocenters. The number of amides is 1. The number of carbonyl (C=O) groups excluding carboxylic acids is 1. The van der Waals surface area contributed by atoms with Crippen molar-refractivity contribution in [2.75, 3.05) is 31.9 Å². The molecule has 1 spiro atoms. The van der Waals surface area contributed by atoms with Gasteiger partial charge in [0.25, 0.3) is 0 Å². The summed E-state index contributed by atoms with van der Waals surface area (Å²) in [6, 6.07) is 18.3. The number of piperidine rings is 1. The van der Waals surface area contributed by atoms with Crippen LogP contribution in [0.4, 0.5) is 10.2 Å². The average Bonchev–Trinajstić information content (AvgIpc) is 3.40. The molecule has 5 heterocycles. The van der Waals surface area contributed by atoms with Gasteiger partial charge in [-0.15, -0.1) is 6.58 Å². The Bertz CT molecular complexity index is 1770. The Balaban J connectivity index is 0.00000110. The number of imidazole rings is 1. The third kappa shape index (κ3) is 5.80. The smallest absolute Gasteiger partial charge is 0.209 e. The number of hydrogen-bond acceptors (Lipinski definition) is 7. The van der Waals surface area contributed by atoms with Crippen LogP contribution in [0.1, 0.15) is 25.3 Å². The number of pyridine rings is 1. The molecule has 2 aromatic carbocycles. The summed E-state index contributed by atoms with van der Waals surface area (Å²) in [6.07, 6.45) is 8.21. The minimum atomic E-state index is -0.314. The van der Waals surface area contributed by atoms with Crippen LogP contribution >= 0.6 is 0 Å². The lowest BCUT2D eigenvalue weighted by Crippen LogP contribution is -2.59. The van der Waals surface area contributed by atoms with Crippen molar-refractivity contribution in [3.63, 3.8) is 0 Å². The molecule has 44 heavy (non-hydrogen) atoms. The van der Waals surface area contributed by atoms with Crippen molar-refractivity contribution in [3.8, 4) is 28.5 Å². The third-order valence-electron chi connectivity index (χ3n) is 8.31. The summed E-state index contributed by atoms with van der Waals surface area (Å²) in [5, 5.41) is 0. The predicted molar refractivity (Wildman–Crippen MR) is 170 cm³/mol. The monoisotopic (exact) mass is 590 g/mol. The lowest BCUT2D eigenvalue weighted by atomic mass is 9.72. The van der Waals surface area contributed by atoms with E-state index in [4.69, 9.17) is 15.7 Å². The Morgan fingerprint density at radius 3 is 2.36 bits per heavy atom. The van der Waals surface area contributed by atoms with E-state index in [2.05, 4.69) is 45.7 Å². The van der Waals surface area contributed by atoms with Crippen LogP contribution in [0.15, 0.2) is 85.7 Å². The molecule has 1 amide bonds. The van der Waals surface area contributed by atoms with Crippen molar-refractivity contribution in [2.45, 2.75) is 26.3 Å². The van der Waals surface area contributed by atoms with E-state index in [1.807, 2.05) is 28.5 Å².